The summed E-state index contributed by atoms with van der Waals surface area (Å²) >= 11 is 0. The molecule has 1 N–H and O–H groups in total. The minimum absolute atomic E-state index is 0.164. The van der Waals surface area contributed by atoms with Gasteiger partial charge < -0.3 is 4.90 Å². The molecule has 1 fully saturated rings. The average Bonchev–Trinajstić information content (AvgIpc) is 2.94. The van der Waals surface area contributed by atoms with Crippen molar-refractivity contribution in [2.75, 3.05) is 11.4 Å². The van der Waals surface area contributed by atoms with Crippen LogP contribution >= 0.6 is 0 Å². The first-order chi connectivity index (χ1) is 8.45. The number of H-pyrrole nitrogens is 1. The predicted octanol–water partition coefficient (Wildman–Crippen LogP) is 0.721. The van der Waals surface area contributed by atoms with E-state index in [1.807, 2.05) is 6.07 Å². The fourth-order valence-electron chi connectivity index (χ4n) is 2.24. The van der Waals surface area contributed by atoms with Crippen molar-refractivity contribution in [3.05, 3.63) is 24.4 Å². The van der Waals surface area contributed by atoms with Crippen LogP contribution in [0.3, 0.4) is 0 Å². The molecule has 17 heavy (non-hydrogen) atoms. The molecule has 0 bridgehead atoms. The molecule has 0 aliphatic carbocycles. The first kappa shape index (κ1) is 10.1. The number of hydrogen-bond acceptors (Lipinski definition) is 6. The van der Waals surface area contributed by atoms with Crippen LogP contribution in [-0.4, -0.2) is 37.1 Å². The molecule has 1 unspecified atom stereocenters. The van der Waals surface area contributed by atoms with E-state index in [-0.39, 0.29) is 6.04 Å². The van der Waals surface area contributed by atoms with E-state index in [0.717, 1.165) is 24.6 Å². The Morgan fingerprint density at radius 3 is 3.12 bits per heavy atom. The standard InChI is InChI=1S/C10H13N7/c1-2-6-17(9-4-5-11-7-12-9)8(3-1)10-13-15-16-14-10/h4-5,7-8H,1-3,6H2,(H,13,14,15,16). The summed E-state index contributed by atoms with van der Waals surface area (Å²) in [6, 6.07) is 2.08. The molecule has 2 aromatic rings. The molecule has 2 aromatic heterocycles. The third-order valence-corrected chi connectivity index (χ3v) is 3.02. The second kappa shape index (κ2) is 4.44. The number of aromatic amines is 1. The van der Waals surface area contributed by atoms with Crippen molar-refractivity contribution in [2.45, 2.75) is 25.3 Å². The Balaban J connectivity index is 1.91. The summed E-state index contributed by atoms with van der Waals surface area (Å²) in [7, 11) is 0. The Morgan fingerprint density at radius 2 is 2.35 bits per heavy atom. The molecule has 3 rings (SSSR count). The van der Waals surface area contributed by atoms with E-state index in [1.54, 1.807) is 12.5 Å². The zero-order chi connectivity index (χ0) is 11.5. The van der Waals surface area contributed by atoms with Crippen molar-refractivity contribution < 1.29 is 0 Å². The molecule has 1 aliphatic rings. The van der Waals surface area contributed by atoms with Gasteiger partial charge in [0.05, 0.1) is 6.04 Å². The molecule has 0 saturated carbocycles. The molecule has 88 valence electrons. The van der Waals surface area contributed by atoms with Crippen LogP contribution in [0.15, 0.2) is 18.6 Å². The Morgan fingerprint density at radius 1 is 1.35 bits per heavy atom. The highest BCUT2D eigenvalue weighted by Gasteiger charge is 2.27. The van der Waals surface area contributed by atoms with Crippen molar-refractivity contribution in [3.63, 3.8) is 0 Å². The van der Waals surface area contributed by atoms with Gasteiger partial charge in [-0.2, -0.15) is 5.21 Å². The van der Waals surface area contributed by atoms with Gasteiger partial charge in [0.2, 0.25) is 0 Å². The van der Waals surface area contributed by atoms with Gasteiger partial charge >= 0.3 is 0 Å². The highest BCUT2D eigenvalue weighted by atomic mass is 15.5. The predicted molar refractivity (Wildman–Crippen MR) is 60.1 cm³/mol. The largest absolute Gasteiger partial charge is 0.346 e. The van der Waals surface area contributed by atoms with Crippen LogP contribution in [0.2, 0.25) is 0 Å². The number of nitrogens with one attached hydrogen (secondary N) is 1. The van der Waals surface area contributed by atoms with E-state index in [2.05, 4.69) is 35.5 Å². The van der Waals surface area contributed by atoms with Gasteiger partial charge in [0.1, 0.15) is 12.1 Å². The van der Waals surface area contributed by atoms with Gasteiger partial charge in [-0.1, -0.05) is 5.21 Å². The summed E-state index contributed by atoms with van der Waals surface area (Å²) in [5, 5.41) is 14.3. The van der Waals surface area contributed by atoms with Gasteiger partial charge in [-0.25, -0.2) is 9.97 Å². The second-order valence-corrected chi connectivity index (χ2v) is 4.04. The maximum absolute atomic E-state index is 4.29. The lowest BCUT2D eigenvalue weighted by atomic mass is 10.0. The van der Waals surface area contributed by atoms with Crippen LogP contribution in [0.25, 0.3) is 0 Å². The summed E-state index contributed by atoms with van der Waals surface area (Å²) in [4.78, 5) is 10.4. The highest BCUT2D eigenvalue weighted by Crippen LogP contribution is 2.31. The lowest BCUT2D eigenvalue weighted by Gasteiger charge is -2.34. The minimum atomic E-state index is 0.164. The van der Waals surface area contributed by atoms with Crippen molar-refractivity contribution >= 4 is 5.82 Å². The lowest BCUT2D eigenvalue weighted by Crippen LogP contribution is -2.34. The molecule has 3 heterocycles. The maximum atomic E-state index is 4.29. The number of nitrogens with zero attached hydrogens (tertiary/aromatic N) is 6. The quantitative estimate of drug-likeness (QED) is 0.820. The number of aromatic nitrogens is 6. The van der Waals surface area contributed by atoms with Crippen LogP contribution < -0.4 is 4.90 Å². The average molecular weight is 231 g/mol. The van der Waals surface area contributed by atoms with E-state index in [1.165, 1.54) is 12.8 Å². The molecule has 1 saturated heterocycles. The van der Waals surface area contributed by atoms with Gasteiger partial charge in [-0.15, -0.1) is 10.2 Å². The van der Waals surface area contributed by atoms with Crippen molar-refractivity contribution in [2.24, 2.45) is 0 Å². The van der Waals surface area contributed by atoms with Crippen LogP contribution in [0, 0.1) is 0 Å². The first-order valence-corrected chi connectivity index (χ1v) is 5.71. The summed E-state index contributed by atoms with van der Waals surface area (Å²) in [6.07, 6.45) is 6.70. The topological polar surface area (TPSA) is 83.5 Å². The van der Waals surface area contributed by atoms with Gasteiger partial charge in [-0.3, -0.25) is 0 Å². The number of tetrazole rings is 1. The fraction of sp³-hybridized carbons (Fsp3) is 0.500. The molecule has 0 radical (unpaired) electrons. The van der Waals surface area contributed by atoms with E-state index in [0.29, 0.717) is 0 Å². The number of hydrogen-bond donors (Lipinski definition) is 1. The van der Waals surface area contributed by atoms with E-state index >= 15 is 0 Å². The molecular formula is C10H13N7. The normalized spacial score (nSPS) is 20.5. The van der Waals surface area contributed by atoms with Gasteiger partial charge in [0.25, 0.3) is 0 Å². The number of anilines is 1. The fourth-order valence-corrected chi connectivity index (χ4v) is 2.24. The van der Waals surface area contributed by atoms with Gasteiger partial charge in [0, 0.05) is 12.7 Å². The van der Waals surface area contributed by atoms with Crippen LogP contribution in [0.5, 0.6) is 0 Å². The summed E-state index contributed by atoms with van der Waals surface area (Å²) in [5.74, 6) is 1.66. The molecule has 1 atom stereocenters. The van der Waals surface area contributed by atoms with Crippen LogP contribution in [0.4, 0.5) is 5.82 Å². The van der Waals surface area contributed by atoms with Crippen molar-refractivity contribution in [1.29, 1.82) is 0 Å². The Kier molecular flexibility index (Phi) is 2.65. The number of piperidine rings is 1. The molecule has 7 nitrogen and oxygen atoms in total. The summed E-state index contributed by atoms with van der Waals surface area (Å²) in [6.45, 7) is 0.968. The summed E-state index contributed by atoms with van der Waals surface area (Å²) < 4.78 is 0. The first-order valence-electron chi connectivity index (χ1n) is 5.71. The zero-order valence-electron chi connectivity index (χ0n) is 9.32. The molecule has 7 heteroatoms. The van der Waals surface area contributed by atoms with Crippen molar-refractivity contribution in [1.82, 2.24) is 30.6 Å². The van der Waals surface area contributed by atoms with E-state index < -0.39 is 0 Å². The van der Waals surface area contributed by atoms with E-state index in [9.17, 15) is 0 Å². The molecule has 0 spiro atoms. The number of rotatable bonds is 2. The Bertz CT molecular complexity index is 455. The smallest absolute Gasteiger partial charge is 0.196 e. The zero-order valence-corrected chi connectivity index (χ0v) is 9.32. The van der Waals surface area contributed by atoms with Crippen LogP contribution in [-0.2, 0) is 0 Å². The monoisotopic (exact) mass is 231 g/mol. The summed E-state index contributed by atoms with van der Waals surface area (Å²) in [5.41, 5.74) is 0. The Hall–Kier alpha value is -2.05. The maximum Gasteiger partial charge on any atom is 0.196 e. The molecule has 0 amide bonds. The third-order valence-electron chi connectivity index (χ3n) is 3.02. The van der Waals surface area contributed by atoms with Crippen molar-refractivity contribution in [3.8, 4) is 0 Å². The Labute approximate surface area is 98.3 Å². The highest BCUT2D eigenvalue weighted by molar-refractivity contribution is 5.39. The molecule has 0 aromatic carbocycles. The third kappa shape index (κ3) is 1.95. The second-order valence-electron chi connectivity index (χ2n) is 4.04. The molecular weight excluding hydrogens is 218 g/mol. The van der Waals surface area contributed by atoms with Gasteiger partial charge in [0.15, 0.2) is 5.82 Å². The SMILES string of the molecule is c1cc(N2CCCCC2c2nn[nH]n2)ncn1. The minimum Gasteiger partial charge on any atom is -0.346 e. The van der Waals surface area contributed by atoms with Gasteiger partial charge in [-0.05, 0) is 25.3 Å². The lowest BCUT2D eigenvalue weighted by molar-refractivity contribution is 0.453. The van der Waals surface area contributed by atoms with Crippen LogP contribution in [0.1, 0.15) is 31.1 Å². The van der Waals surface area contributed by atoms with E-state index in [4.69, 9.17) is 0 Å². The molecule has 1 aliphatic heterocycles.